The molecule has 1 saturated heterocycles. The van der Waals surface area contributed by atoms with E-state index < -0.39 is 0 Å². The van der Waals surface area contributed by atoms with Crippen molar-refractivity contribution in [2.45, 2.75) is 32.7 Å². The normalized spacial score (nSPS) is 22.5. The number of furan rings is 1. The van der Waals surface area contributed by atoms with Crippen molar-refractivity contribution >= 4 is 29.4 Å². The van der Waals surface area contributed by atoms with Crippen molar-refractivity contribution in [1.82, 2.24) is 4.90 Å². The molecule has 1 saturated carbocycles. The van der Waals surface area contributed by atoms with Gasteiger partial charge in [0.05, 0.1) is 0 Å². The van der Waals surface area contributed by atoms with E-state index >= 15 is 0 Å². The number of nitrogens with zero attached hydrogens (tertiary/aromatic N) is 1. The minimum atomic E-state index is -0.137. The van der Waals surface area contributed by atoms with Crippen LogP contribution in [0.15, 0.2) is 40.8 Å². The quantitative estimate of drug-likeness (QED) is 0.705. The van der Waals surface area contributed by atoms with Gasteiger partial charge in [0.25, 0.3) is 0 Å². The molecule has 2 aromatic rings. The largest absolute Gasteiger partial charge is 0.461 e. The second-order valence-electron chi connectivity index (χ2n) is 7.92. The molecule has 148 valence electrons. The van der Waals surface area contributed by atoms with Crippen molar-refractivity contribution < 1.29 is 9.21 Å². The highest BCUT2D eigenvalue weighted by molar-refractivity contribution is 7.99. The zero-order valence-electron chi connectivity index (χ0n) is 16.6. The van der Waals surface area contributed by atoms with Crippen LogP contribution < -0.4 is 5.32 Å². The molecule has 1 aromatic heterocycles. The van der Waals surface area contributed by atoms with Crippen molar-refractivity contribution in [1.29, 1.82) is 0 Å². The predicted octanol–water partition coefficient (Wildman–Crippen LogP) is 4.91. The van der Waals surface area contributed by atoms with E-state index in [1.165, 1.54) is 29.6 Å². The van der Waals surface area contributed by atoms with Gasteiger partial charge in [0.1, 0.15) is 11.5 Å². The van der Waals surface area contributed by atoms with Crippen LogP contribution in [0.25, 0.3) is 6.08 Å². The first kappa shape index (κ1) is 19.3. The number of anilines is 1. The van der Waals surface area contributed by atoms with E-state index in [4.69, 9.17) is 4.42 Å². The number of hydrogen-bond acceptors (Lipinski definition) is 4. The molecule has 5 heteroatoms. The lowest BCUT2D eigenvalue weighted by Crippen LogP contribution is -2.31. The van der Waals surface area contributed by atoms with Gasteiger partial charge in [-0.15, -0.1) is 0 Å². The van der Waals surface area contributed by atoms with Gasteiger partial charge < -0.3 is 9.73 Å². The summed E-state index contributed by atoms with van der Waals surface area (Å²) in [5.74, 6) is 5.34. The Hall–Kier alpha value is -1.98. The molecular weight excluding hydrogens is 368 g/mol. The Kier molecular flexibility index (Phi) is 5.93. The van der Waals surface area contributed by atoms with Crippen molar-refractivity contribution in [2.24, 2.45) is 5.92 Å². The highest BCUT2D eigenvalue weighted by atomic mass is 32.2. The number of thioether (sulfide) groups is 1. The van der Waals surface area contributed by atoms with Gasteiger partial charge in [-0.2, -0.15) is 11.8 Å². The van der Waals surface area contributed by atoms with Crippen LogP contribution in [-0.4, -0.2) is 35.4 Å². The number of aryl methyl sites for hydroxylation is 1. The van der Waals surface area contributed by atoms with E-state index in [1.807, 2.05) is 36.9 Å². The third-order valence-corrected chi connectivity index (χ3v) is 6.52. The van der Waals surface area contributed by atoms with Crippen molar-refractivity contribution in [3.8, 4) is 0 Å². The number of carbonyl (C=O) groups excluding carboxylic acids is 1. The first-order chi connectivity index (χ1) is 13.6. The summed E-state index contributed by atoms with van der Waals surface area (Å²) in [5, 5.41) is 2.98. The first-order valence-electron chi connectivity index (χ1n) is 10.1. The predicted molar refractivity (Wildman–Crippen MR) is 117 cm³/mol. The summed E-state index contributed by atoms with van der Waals surface area (Å²) in [6, 6.07) is 10.3. The van der Waals surface area contributed by atoms with Gasteiger partial charge in [-0.1, -0.05) is 19.1 Å². The molecular formula is C23H28N2O2S. The van der Waals surface area contributed by atoms with Crippen LogP contribution in [0.4, 0.5) is 5.69 Å². The van der Waals surface area contributed by atoms with Gasteiger partial charge in [-0.25, -0.2) is 0 Å². The summed E-state index contributed by atoms with van der Waals surface area (Å²) in [5.41, 5.74) is 3.25. The molecule has 4 nitrogen and oxygen atoms in total. The van der Waals surface area contributed by atoms with E-state index in [1.54, 1.807) is 6.08 Å². The smallest absolute Gasteiger partial charge is 0.248 e. The third kappa shape index (κ3) is 4.89. The fraction of sp³-hybridized carbons (Fsp3) is 0.435. The standard InChI is InChI=1S/C23H28N2O2S/c1-16-14-20(16)22-7-4-19(27-22)5-8-23(26)24-21-6-3-18(13-17(21)2)15-25-9-11-28-12-10-25/h3-8,13,16,20H,9-12,14-15H2,1-2H3,(H,24,26). The molecule has 2 fully saturated rings. The Balaban J connectivity index is 1.32. The molecule has 1 amide bonds. The van der Waals surface area contributed by atoms with Gasteiger partial charge in [-0.05, 0) is 54.7 Å². The molecule has 28 heavy (non-hydrogen) atoms. The third-order valence-electron chi connectivity index (χ3n) is 5.58. The fourth-order valence-corrected chi connectivity index (χ4v) is 4.67. The van der Waals surface area contributed by atoms with Crippen LogP contribution in [0.2, 0.25) is 0 Å². The van der Waals surface area contributed by atoms with Gasteiger partial charge in [-0.3, -0.25) is 9.69 Å². The Morgan fingerprint density at radius 3 is 2.79 bits per heavy atom. The van der Waals surface area contributed by atoms with Crippen LogP contribution in [0.3, 0.4) is 0 Å². The molecule has 0 radical (unpaired) electrons. The van der Waals surface area contributed by atoms with Gasteiger partial charge in [0, 0.05) is 48.8 Å². The summed E-state index contributed by atoms with van der Waals surface area (Å²) in [6.07, 6.45) is 4.48. The number of nitrogens with one attached hydrogen (secondary N) is 1. The minimum Gasteiger partial charge on any atom is -0.461 e. The van der Waals surface area contributed by atoms with Gasteiger partial charge >= 0.3 is 0 Å². The topological polar surface area (TPSA) is 45.5 Å². The molecule has 1 N–H and O–H groups in total. The number of benzene rings is 1. The van der Waals surface area contributed by atoms with Gasteiger partial charge in [0.2, 0.25) is 5.91 Å². The summed E-state index contributed by atoms with van der Waals surface area (Å²) >= 11 is 2.03. The molecule has 0 bridgehead atoms. The van der Waals surface area contributed by atoms with E-state index in [-0.39, 0.29) is 5.91 Å². The summed E-state index contributed by atoms with van der Waals surface area (Å²) in [6.45, 7) is 7.57. The lowest BCUT2D eigenvalue weighted by Gasteiger charge is -2.26. The van der Waals surface area contributed by atoms with Crippen LogP contribution >= 0.6 is 11.8 Å². The number of rotatable bonds is 6. The monoisotopic (exact) mass is 396 g/mol. The average molecular weight is 397 g/mol. The number of carbonyl (C=O) groups is 1. The highest BCUT2D eigenvalue weighted by Gasteiger charge is 2.36. The number of hydrogen-bond donors (Lipinski definition) is 1. The Labute approximate surface area is 171 Å². The Morgan fingerprint density at radius 2 is 2.07 bits per heavy atom. The molecule has 1 aliphatic carbocycles. The molecule has 2 heterocycles. The lowest BCUT2D eigenvalue weighted by atomic mass is 10.1. The SMILES string of the molecule is Cc1cc(CN2CCSCC2)ccc1NC(=O)C=Cc1ccc(C2CC2C)o1. The molecule has 1 aliphatic heterocycles. The van der Waals surface area contributed by atoms with Crippen molar-refractivity contribution in [3.63, 3.8) is 0 Å². The van der Waals surface area contributed by atoms with Crippen molar-refractivity contribution in [2.75, 3.05) is 29.9 Å². The average Bonchev–Trinajstić information content (AvgIpc) is 3.23. The van der Waals surface area contributed by atoms with Crippen LogP contribution in [0.1, 0.15) is 41.9 Å². The zero-order chi connectivity index (χ0) is 19.5. The molecule has 0 spiro atoms. The molecule has 2 atom stereocenters. The van der Waals surface area contributed by atoms with E-state index in [0.717, 1.165) is 42.4 Å². The maximum absolute atomic E-state index is 12.3. The molecule has 2 unspecified atom stereocenters. The summed E-state index contributed by atoms with van der Waals surface area (Å²) in [7, 11) is 0. The van der Waals surface area contributed by atoms with E-state index in [0.29, 0.717) is 11.8 Å². The molecule has 1 aromatic carbocycles. The maximum Gasteiger partial charge on any atom is 0.248 e. The maximum atomic E-state index is 12.3. The molecule has 4 rings (SSSR count). The summed E-state index contributed by atoms with van der Waals surface area (Å²) in [4.78, 5) is 14.8. The summed E-state index contributed by atoms with van der Waals surface area (Å²) < 4.78 is 5.82. The Morgan fingerprint density at radius 1 is 1.29 bits per heavy atom. The van der Waals surface area contributed by atoms with Crippen LogP contribution in [0.5, 0.6) is 0 Å². The number of amides is 1. The second-order valence-corrected chi connectivity index (χ2v) is 9.14. The Bertz CT molecular complexity index is 867. The fourth-order valence-electron chi connectivity index (χ4n) is 3.69. The minimum absolute atomic E-state index is 0.137. The van der Waals surface area contributed by atoms with E-state index in [2.05, 4.69) is 29.3 Å². The highest BCUT2D eigenvalue weighted by Crippen LogP contribution is 2.47. The van der Waals surface area contributed by atoms with Crippen LogP contribution in [0, 0.1) is 12.8 Å². The van der Waals surface area contributed by atoms with E-state index in [9.17, 15) is 4.79 Å². The van der Waals surface area contributed by atoms with Crippen LogP contribution in [-0.2, 0) is 11.3 Å². The first-order valence-corrected chi connectivity index (χ1v) is 11.2. The molecule has 2 aliphatic rings. The van der Waals surface area contributed by atoms with Gasteiger partial charge in [0.15, 0.2) is 0 Å². The lowest BCUT2D eigenvalue weighted by molar-refractivity contribution is -0.111. The van der Waals surface area contributed by atoms with Crippen molar-refractivity contribution in [3.05, 3.63) is 59.1 Å². The zero-order valence-corrected chi connectivity index (χ0v) is 17.4. The second kappa shape index (κ2) is 8.58.